The summed E-state index contributed by atoms with van der Waals surface area (Å²) in [4.78, 5) is 21.4. The topological polar surface area (TPSA) is 81.3 Å². The van der Waals surface area contributed by atoms with Gasteiger partial charge in [0.05, 0.1) is 6.04 Å². The zero-order chi connectivity index (χ0) is 22.8. The molecule has 1 saturated heterocycles. The van der Waals surface area contributed by atoms with E-state index in [2.05, 4.69) is 9.97 Å². The normalized spacial score (nSPS) is 17.8. The first-order valence-corrected chi connectivity index (χ1v) is 10.3. The van der Waals surface area contributed by atoms with Gasteiger partial charge in [0.2, 0.25) is 5.82 Å². The number of rotatable bonds is 8. The summed E-state index contributed by atoms with van der Waals surface area (Å²) in [5.41, 5.74) is 6.11. The van der Waals surface area contributed by atoms with Gasteiger partial charge in [-0.25, -0.2) is 13.8 Å². The molecule has 1 fully saturated rings. The minimum absolute atomic E-state index is 0.0464. The first-order valence-electron chi connectivity index (χ1n) is 10.3. The lowest BCUT2D eigenvalue weighted by atomic mass is 10.0. The average Bonchev–Trinajstić information content (AvgIpc) is 3.17. The molecule has 31 heavy (non-hydrogen) atoms. The largest absolute Gasteiger partial charge is 0.462 e. The van der Waals surface area contributed by atoms with Crippen molar-refractivity contribution in [3.05, 3.63) is 47.5 Å². The Morgan fingerprint density at radius 3 is 2.55 bits per heavy atom. The van der Waals surface area contributed by atoms with Crippen molar-refractivity contribution in [2.24, 2.45) is 11.7 Å². The van der Waals surface area contributed by atoms with Crippen molar-refractivity contribution < 1.29 is 22.7 Å². The number of nitrogens with two attached hydrogens (primary N) is 1. The van der Waals surface area contributed by atoms with Gasteiger partial charge in [-0.05, 0) is 30.7 Å². The summed E-state index contributed by atoms with van der Waals surface area (Å²) >= 11 is 0. The van der Waals surface area contributed by atoms with Crippen LogP contribution in [0.2, 0.25) is 0 Å². The van der Waals surface area contributed by atoms with Crippen molar-refractivity contribution in [2.75, 3.05) is 11.4 Å². The van der Waals surface area contributed by atoms with Crippen molar-refractivity contribution in [3.63, 3.8) is 0 Å². The molecule has 0 spiro atoms. The Morgan fingerprint density at radius 1 is 1.29 bits per heavy atom. The Kier molecular flexibility index (Phi) is 6.71. The molecule has 6 nitrogen and oxygen atoms in total. The fourth-order valence-electron chi connectivity index (χ4n) is 3.78. The van der Waals surface area contributed by atoms with Crippen LogP contribution in [0.5, 0.6) is 5.88 Å². The quantitative estimate of drug-likeness (QED) is 0.666. The molecule has 2 N–H and O–H groups in total. The number of ether oxygens (including phenoxy) is 1. The van der Waals surface area contributed by atoms with Crippen molar-refractivity contribution in [1.29, 1.82) is 0 Å². The van der Waals surface area contributed by atoms with Gasteiger partial charge in [-0.2, -0.15) is 9.37 Å². The van der Waals surface area contributed by atoms with Crippen molar-refractivity contribution >= 4 is 11.7 Å². The van der Waals surface area contributed by atoms with Crippen LogP contribution in [0.15, 0.2) is 30.6 Å². The van der Waals surface area contributed by atoms with Crippen LogP contribution in [0.4, 0.5) is 19.0 Å². The molecule has 1 aromatic carbocycles. The van der Waals surface area contributed by atoms with Gasteiger partial charge < -0.3 is 15.4 Å². The second-order valence-corrected chi connectivity index (χ2v) is 8.32. The summed E-state index contributed by atoms with van der Waals surface area (Å²) in [7, 11) is 0. The third kappa shape index (κ3) is 5.26. The second-order valence-electron chi connectivity index (χ2n) is 8.32. The van der Waals surface area contributed by atoms with Crippen LogP contribution in [0.25, 0.3) is 0 Å². The molecule has 1 aliphatic heterocycles. The Labute approximate surface area is 179 Å². The number of anilines is 1. The lowest BCUT2D eigenvalue weighted by Gasteiger charge is -2.27. The Balaban J connectivity index is 1.86. The summed E-state index contributed by atoms with van der Waals surface area (Å²) < 4.78 is 47.8. The summed E-state index contributed by atoms with van der Waals surface area (Å²) in [6.07, 6.45) is 2.01. The highest BCUT2D eigenvalue weighted by molar-refractivity contribution is 5.79. The molecular weight excluding hydrogens is 409 g/mol. The molecule has 1 aliphatic rings. The van der Waals surface area contributed by atoms with Crippen LogP contribution in [0, 0.1) is 11.7 Å². The number of amides is 1. The maximum atomic E-state index is 15.3. The monoisotopic (exact) mass is 436 g/mol. The SMILES string of the molecule is CC(C)CC(Oc1ncnc(N2CCCC2c2ccc(C(C)(F)F)cc2)c1F)C(N)=O. The highest BCUT2D eigenvalue weighted by atomic mass is 19.3. The van der Waals surface area contributed by atoms with E-state index in [0.717, 1.165) is 25.3 Å². The molecule has 2 atom stereocenters. The first kappa shape index (κ1) is 22.8. The molecule has 2 aromatic rings. The Hall–Kier alpha value is -2.84. The molecule has 2 heterocycles. The number of halogens is 3. The lowest BCUT2D eigenvalue weighted by molar-refractivity contribution is -0.125. The van der Waals surface area contributed by atoms with Gasteiger partial charge in [-0.15, -0.1) is 0 Å². The summed E-state index contributed by atoms with van der Waals surface area (Å²) in [5, 5.41) is 0. The molecule has 0 bridgehead atoms. The standard InChI is InChI=1S/C22H27F3N4O2/c1-13(2)11-17(19(26)30)31-21-18(23)20(27-12-28-21)29-10-4-5-16(29)14-6-8-15(9-7-14)22(3,24)25/h6-9,12-13,16-17H,4-5,10-11H2,1-3H3,(H2,26,30). The van der Waals surface area contributed by atoms with E-state index in [1.54, 1.807) is 17.0 Å². The Morgan fingerprint density at radius 2 is 1.97 bits per heavy atom. The van der Waals surface area contributed by atoms with Crippen molar-refractivity contribution in [3.8, 4) is 5.88 Å². The van der Waals surface area contributed by atoms with Gasteiger partial charge in [-0.3, -0.25) is 4.79 Å². The van der Waals surface area contributed by atoms with Gasteiger partial charge in [0.25, 0.3) is 17.7 Å². The molecule has 1 aromatic heterocycles. The highest BCUT2D eigenvalue weighted by Gasteiger charge is 2.32. The van der Waals surface area contributed by atoms with E-state index >= 15 is 4.39 Å². The van der Waals surface area contributed by atoms with Crippen LogP contribution >= 0.6 is 0 Å². The number of hydrogen-bond donors (Lipinski definition) is 1. The molecule has 9 heteroatoms. The van der Waals surface area contributed by atoms with E-state index in [1.165, 1.54) is 18.5 Å². The number of aromatic nitrogens is 2. The van der Waals surface area contributed by atoms with Gasteiger partial charge in [0, 0.05) is 19.0 Å². The summed E-state index contributed by atoms with van der Waals surface area (Å²) in [5.74, 6) is -4.57. The van der Waals surface area contributed by atoms with Gasteiger partial charge in [0.1, 0.15) is 6.33 Å². The zero-order valence-electron chi connectivity index (χ0n) is 17.8. The number of primary amides is 1. The van der Waals surface area contributed by atoms with Crippen LogP contribution in [0.1, 0.15) is 57.2 Å². The van der Waals surface area contributed by atoms with Crippen molar-refractivity contribution in [1.82, 2.24) is 9.97 Å². The smallest absolute Gasteiger partial charge is 0.270 e. The number of alkyl halides is 2. The predicted molar refractivity (Wildman–Crippen MR) is 110 cm³/mol. The summed E-state index contributed by atoms with van der Waals surface area (Å²) in [6, 6.07) is 5.83. The molecule has 0 radical (unpaired) electrons. The second kappa shape index (κ2) is 9.11. The van der Waals surface area contributed by atoms with Crippen LogP contribution in [0.3, 0.4) is 0 Å². The molecular formula is C22H27F3N4O2. The maximum absolute atomic E-state index is 15.3. The van der Waals surface area contributed by atoms with E-state index in [-0.39, 0.29) is 29.2 Å². The number of hydrogen-bond acceptors (Lipinski definition) is 5. The fourth-order valence-corrected chi connectivity index (χ4v) is 3.78. The average molecular weight is 436 g/mol. The molecule has 0 saturated carbocycles. The van der Waals surface area contributed by atoms with Crippen LogP contribution in [-0.2, 0) is 10.7 Å². The summed E-state index contributed by atoms with van der Waals surface area (Å²) in [6.45, 7) is 5.18. The van der Waals surface area contributed by atoms with E-state index in [0.29, 0.717) is 13.0 Å². The lowest BCUT2D eigenvalue weighted by Crippen LogP contribution is -2.35. The number of carbonyl (C=O) groups is 1. The van der Waals surface area contributed by atoms with E-state index in [1.807, 2.05) is 13.8 Å². The maximum Gasteiger partial charge on any atom is 0.270 e. The molecule has 1 amide bonds. The Bertz CT molecular complexity index is 916. The number of nitrogens with zero attached hydrogens (tertiary/aromatic N) is 3. The van der Waals surface area contributed by atoms with E-state index < -0.39 is 23.8 Å². The van der Waals surface area contributed by atoms with Crippen molar-refractivity contribution in [2.45, 2.75) is 58.1 Å². The molecule has 2 unspecified atom stereocenters. The highest BCUT2D eigenvalue weighted by Crippen LogP contribution is 2.38. The van der Waals surface area contributed by atoms with E-state index in [9.17, 15) is 13.6 Å². The zero-order valence-corrected chi connectivity index (χ0v) is 17.8. The molecule has 3 rings (SSSR count). The van der Waals surface area contributed by atoms with Crippen LogP contribution < -0.4 is 15.4 Å². The van der Waals surface area contributed by atoms with Gasteiger partial charge >= 0.3 is 0 Å². The van der Waals surface area contributed by atoms with Gasteiger partial charge in [-0.1, -0.05) is 38.1 Å². The molecule has 0 aliphatic carbocycles. The fraction of sp³-hybridized carbons (Fsp3) is 0.500. The van der Waals surface area contributed by atoms with Gasteiger partial charge in [0.15, 0.2) is 11.9 Å². The minimum atomic E-state index is -2.92. The van der Waals surface area contributed by atoms with Crippen LogP contribution in [-0.4, -0.2) is 28.5 Å². The third-order valence-corrected chi connectivity index (χ3v) is 5.32. The number of carbonyl (C=O) groups excluding carboxylic acids is 1. The third-order valence-electron chi connectivity index (χ3n) is 5.32. The van der Waals surface area contributed by atoms with E-state index in [4.69, 9.17) is 10.5 Å². The first-order chi connectivity index (χ1) is 14.6. The molecule has 168 valence electrons. The predicted octanol–water partition coefficient (Wildman–Crippen LogP) is 4.35. The number of benzene rings is 1. The minimum Gasteiger partial charge on any atom is -0.462 e.